The molecule has 1 atom stereocenters. The largest absolute Gasteiger partial charge is 0.0964 e. The van der Waals surface area contributed by atoms with Crippen LogP contribution in [0.2, 0.25) is 0 Å². The van der Waals surface area contributed by atoms with E-state index in [0.717, 1.165) is 5.66 Å². The van der Waals surface area contributed by atoms with Crippen molar-refractivity contribution in [3.63, 3.8) is 0 Å². The second-order valence-electron chi connectivity index (χ2n) is 3.52. The van der Waals surface area contributed by atoms with E-state index >= 15 is 0 Å². The molecular formula is C9H18ClP. The highest BCUT2D eigenvalue weighted by Crippen LogP contribution is 2.47. The molecule has 0 aromatic heterocycles. The fraction of sp³-hybridized carbons (Fsp3) is 1.00. The average molecular weight is 193 g/mol. The summed E-state index contributed by atoms with van der Waals surface area (Å²) in [4.78, 5) is 0. The fourth-order valence-electron chi connectivity index (χ4n) is 1.79. The van der Waals surface area contributed by atoms with Crippen molar-refractivity contribution < 1.29 is 0 Å². The molecule has 0 spiro atoms. The highest BCUT2D eigenvalue weighted by molar-refractivity contribution is 7.83. The third kappa shape index (κ3) is 3.76. The van der Waals surface area contributed by atoms with Crippen molar-refractivity contribution >= 4 is 18.5 Å². The Bertz CT molecular complexity index is 95.7. The summed E-state index contributed by atoms with van der Waals surface area (Å²) in [5.41, 5.74) is 0.868. The molecule has 0 saturated heterocycles. The zero-order valence-electron chi connectivity index (χ0n) is 7.35. The van der Waals surface area contributed by atoms with Crippen molar-refractivity contribution in [2.24, 2.45) is 0 Å². The average Bonchev–Trinajstić information content (AvgIpc) is 1.84. The SMILES string of the molecule is CP(Cl)C1CCCCCCC1. The number of hydrogen-bond donors (Lipinski definition) is 0. The van der Waals surface area contributed by atoms with Gasteiger partial charge in [0.05, 0.1) is 0 Å². The molecule has 1 aliphatic rings. The summed E-state index contributed by atoms with van der Waals surface area (Å²) in [5, 5.41) is 0. The normalized spacial score (nSPS) is 25.6. The van der Waals surface area contributed by atoms with Crippen LogP contribution in [0.25, 0.3) is 0 Å². The quantitative estimate of drug-likeness (QED) is 0.542. The molecule has 0 heterocycles. The van der Waals surface area contributed by atoms with Crippen LogP contribution in [0.15, 0.2) is 0 Å². The highest BCUT2D eigenvalue weighted by Gasteiger charge is 2.15. The van der Waals surface area contributed by atoms with Gasteiger partial charge >= 0.3 is 0 Å². The number of halogens is 1. The van der Waals surface area contributed by atoms with Crippen LogP contribution in [0.3, 0.4) is 0 Å². The lowest BCUT2D eigenvalue weighted by molar-refractivity contribution is 0.511. The molecule has 0 aliphatic heterocycles. The van der Waals surface area contributed by atoms with E-state index in [-0.39, 0.29) is 7.27 Å². The Labute approximate surface area is 76.2 Å². The van der Waals surface area contributed by atoms with Gasteiger partial charge in [0.25, 0.3) is 0 Å². The molecule has 0 bridgehead atoms. The first-order chi connectivity index (χ1) is 5.30. The molecule has 1 saturated carbocycles. The third-order valence-electron chi connectivity index (χ3n) is 2.58. The summed E-state index contributed by atoms with van der Waals surface area (Å²) in [6.45, 7) is 2.21. The summed E-state index contributed by atoms with van der Waals surface area (Å²) in [7, 11) is -0.175. The monoisotopic (exact) mass is 192 g/mol. The maximum Gasteiger partial charge on any atom is -0.00730 e. The minimum atomic E-state index is -0.175. The zero-order chi connectivity index (χ0) is 8.10. The molecule has 2 heteroatoms. The summed E-state index contributed by atoms with van der Waals surface area (Å²) in [6.07, 6.45) is 9.97. The first kappa shape index (κ1) is 9.81. The molecule has 0 aromatic carbocycles. The Balaban J connectivity index is 2.26. The van der Waals surface area contributed by atoms with Crippen LogP contribution in [0, 0.1) is 0 Å². The minimum absolute atomic E-state index is 0.175. The zero-order valence-corrected chi connectivity index (χ0v) is 9.00. The van der Waals surface area contributed by atoms with Crippen LogP contribution in [-0.4, -0.2) is 12.3 Å². The molecule has 0 radical (unpaired) electrons. The summed E-state index contributed by atoms with van der Waals surface area (Å²) in [5.74, 6) is 0. The van der Waals surface area contributed by atoms with Gasteiger partial charge in [-0.2, -0.15) is 0 Å². The molecule has 1 aliphatic carbocycles. The van der Waals surface area contributed by atoms with Gasteiger partial charge in [0.2, 0.25) is 0 Å². The molecule has 0 nitrogen and oxygen atoms in total. The van der Waals surface area contributed by atoms with Crippen molar-refractivity contribution in [3.05, 3.63) is 0 Å². The van der Waals surface area contributed by atoms with Gasteiger partial charge < -0.3 is 0 Å². The van der Waals surface area contributed by atoms with E-state index in [1.54, 1.807) is 0 Å². The molecule has 0 amide bonds. The van der Waals surface area contributed by atoms with E-state index in [4.69, 9.17) is 11.2 Å². The van der Waals surface area contributed by atoms with Crippen LogP contribution < -0.4 is 0 Å². The lowest BCUT2D eigenvalue weighted by Gasteiger charge is -2.21. The van der Waals surface area contributed by atoms with Crippen LogP contribution >= 0.6 is 18.5 Å². The van der Waals surface area contributed by atoms with E-state index in [1.807, 2.05) is 0 Å². The molecule has 1 fully saturated rings. The van der Waals surface area contributed by atoms with Crippen molar-refractivity contribution in [1.29, 1.82) is 0 Å². The summed E-state index contributed by atoms with van der Waals surface area (Å²) in [6, 6.07) is 0. The van der Waals surface area contributed by atoms with Crippen molar-refractivity contribution in [2.75, 3.05) is 6.66 Å². The first-order valence-corrected chi connectivity index (χ1v) is 7.45. The molecule has 0 N–H and O–H groups in total. The number of rotatable bonds is 1. The van der Waals surface area contributed by atoms with Gasteiger partial charge in [0.1, 0.15) is 0 Å². The van der Waals surface area contributed by atoms with E-state index < -0.39 is 0 Å². The van der Waals surface area contributed by atoms with E-state index in [1.165, 1.54) is 44.9 Å². The Hall–Kier alpha value is 0.720. The Morgan fingerprint density at radius 3 is 1.91 bits per heavy atom. The smallest absolute Gasteiger partial charge is 0.00730 e. The van der Waals surface area contributed by atoms with Crippen LogP contribution in [0.4, 0.5) is 0 Å². The predicted molar refractivity (Wildman–Crippen MR) is 54.8 cm³/mol. The van der Waals surface area contributed by atoms with E-state index in [9.17, 15) is 0 Å². The highest BCUT2D eigenvalue weighted by atomic mass is 35.7. The molecule has 11 heavy (non-hydrogen) atoms. The Morgan fingerprint density at radius 2 is 1.45 bits per heavy atom. The van der Waals surface area contributed by atoms with Crippen molar-refractivity contribution in [2.45, 2.75) is 50.6 Å². The lowest BCUT2D eigenvalue weighted by Crippen LogP contribution is -2.05. The maximum atomic E-state index is 6.15. The van der Waals surface area contributed by atoms with Gasteiger partial charge in [0.15, 0.2) is 0 Å². The topological polar surface area (TPSA) is 0 Å². The third-order valence-corrected chi connectivity index (χ3v) is 4.93. The molecule has 0 aromatic rings. The van der Waals surface area contributed by atoms with E-state index in [2.05, 4.69) is 6.66 Å². The van der Waals surface area contributed by atoms with Crippen molar-refractivity contribution in [1.82, 2.24) is 0 Å². The molecular weight excluding hydrogens is 175 g/mol. The standard InChI is InChI=1S/C9H18ClP/c1-11(10)9-7-5-3-2-4-6-8-9/h9H,2-8H2,1H3. The molecule has 1 unspecified atom stereocenters. The van der Waals surface area contributed by atoms with E-state index in [0.29, 0.717) is 0 Å². The van der Waals surface area contributed by atoms with Gasteiger partial charge in [-0.1, -0.05) is 43.3 Å². The first-order valence-electron chi connectivity index (χ1n) is 4.69. The van der Waals surface area contributed by atoms with Gasteiger partial charge in [-0.05, 0) is 32.4 Å². The summed E-state index contributed by atoms with van der Waals surface area (Å²) < 4.78 is 0. The molecule has 66 valence electrons. The fourth-order valence-corrected chi connectivity index (χ4v) is 3.45. The Kier molecular flexibility index (Phi) is 4.80. The predicted octanol–water partition coefficient (Wildman–Crippen LogP) is 4.36. The van der Waals surface area contributed by atoms with Gasteiger partial charge in [-0.25, -0.2) is 0 Å². The lowest BCUT2D eigenvalue weighted by atomic mass is 10.0. The van der Waals surface area contributed by atoms with Crippen LogP contribution in [0.1, 0.15) is 44.9 Å². The number of hydrogen-bond acceptors (Lipinski definition) is 0. The Morgan fingerprint density at radius 1 is 1.00 bits per heavy atom. The van der Waals surface area contributed by atoms with Gasteiger partial charge in [-0.15, -0.1) is 0 Å². The maximum absolute atomic E-state index is 6.15. The second-order valence-corrected chi connectivity index (χ2v) is 6.90. The summed E-state index contributed by atoms with van der Waals surface area (Å²) >= 11 is 6.15. The second kappa shape index (κ2) is 5.38. The van der Waals surface area contributed by atoms with Crippen LogP contribution in [-0.2, 0) is 0 Å². The van der Waals surface area contributed by atoms with Crippen molar-refractivity contribution in [3.8, 4) is 0 Å². The minimum Gasteiger partial charge on any atom is -0.0964 e. The van der Waals surface area contributed by atoms with Gasteiger partial charge in [0, 0.05) is 0 Å². The van der Waals surface area contributed by atoms with Crippen LogP contribution in [0.5, 0.6) is 0 Å². The van der Waals surface area contributed by atoms with Gasteiger partial charge in [-0.3, -0.25) is 0 Å². The molecule has 1 rings (SSSR count).